The van der Waals surface area contributed by atoms with E-state index in [1.807, 2.05) is 0 Å². The number of nitro groups is 1. The smallest absolute Gasteiger partial charge is 0.269 e. The zero-order chi connectivity index (χ0) is 20.7. The molecule has 1 unspecified atom stereocenters. The average Bonchev–Trinajstić information content (AvgIpc) is 2.70. The Morgan fingerprint density at radius 2 is 1.93 bits per heavy atom. The Labute approximate surface area is 170 Å². The highest BCUT2D eigenvalue weighted by molar-refractivity contribution is 6.31. The van der Waals surface area contributed by atoms with Crippen molar-refractivity contribution in [3.05, 3.63) is 80.3 Å². The number of carbonyl (C=O) groups excluding carboxylic acids is 2. The number of non-ortho nitro benzene ring substituents is 1. The van der Waals surface area contributed by atoms with Crippen molar-refractivity contribution in [1.82, 2.24) is 0 Å². The molecule has 0 bridgehead atoms. The highest BCUT2D eigenvalue weighted by atomic mass is 35.5. The Bertz CT molecular complexity index is 1080. The zero-order valence-corrected chi connectivity index (χ0v) is 16.0. The van der Waals surface area contributed by atoms with E-state index in [1.165, 1.54) is 35.2 Å². The number of allylic oxidation sites excluding steroid dienone is 2. The van der Waals surface area contributed by atoms with Crippen LogP contribution in [-0.4, -0.2) is 16.6 Å². The molecular formula is C21H16ClFN2O4. The van der Waals surface area contributed by atoms with Gasteiger partial charge in [-0.2, -0.15) is 0 Å². The van der Waals surface area contributed by atoms with Crippen LogP contribution in [0.3, 0.4) is 0 Å². The van der Waals surface area contributed by atoms with Crippen LogP contribution < -0.4 is 4.90 Å². The summed E-state index contributed by atoms with van der Waals surface area (Å²) in [5, 5.41) is 11.0. The molecule has 0 aromatic heterocycles. The van der Waals surface area contributed by atoms with Crippen molar-refractivity contribution >= 4 is 34.7 Å². The number of nitro benzene ring substituents is 1. The minimum atomic E-state index is -0.594. The summed E-state index contributed by atoms with van der Waals surface area (Å²) in [5.41, 5.74) is 1.94. The largest absolute Gasteiger partial charge is 0.294 e. The van der Waals surface area contributed by atoms with Crippen LogP contribution >= 0.6 is 11.6 Å². The standard InChI is InChI=1S/C21H16ClFN2O4/c22-16-10-13(7-8-17(16)23)24-18-5-2-6-19(26)21(18)15(11-20(24)27)12-3-1-4-14(9-12)25(28)29/h1,3-4,7-10,15H,2,5-6,11H2. The number of Topliss-reactive ketones (excluding diaryl/α,β-unsaturated/α-hetero) is 1. The molecule has 29 heavy (non-hydrogen) atoms. The van der Waals surface area contributed by atoms with Crippen molar-refractivity contribution in [1.29, 1.82) is 0 Å². The number of anilines is 1. The lowest BCUT2D eigenvalue weighted by Gasteiger charge is -2.38. The van der Waals surface area contributed by atoms with E-state index in [0.717, 1.165) is 0 Å². The third kappa shape index (κ3) is 3.42. The van der Waals surface area contributed by atoms with Crippen molar-refractivity contribution < 1.29 is 18.9 Å². The van der Waals surface area contributed by atoms with Gasteiger partial charge < -0.3 is 0 Å². The number of amides is 1. The molecular weight excluding hydrogens is 399 g/mol. The Hall–Kier alpha value is -3.06. The van der Waals surface area contributed by atoms with Crippen molar-refractivity contribution in [2.24, 2.45) is 0 Å². The Balaban J connectivity index is 1.86. The molecule has 0 radical (unpaired) electrons. The summed E-state index contributed by atoms with van der Waals surface area (Å²) >= 11 is 5.90. The predicted molar refractivity (Wildman–Crippen MR) is 105 cm³/mol. The van der Waals surface area contributed by atoms with Gasteiger partial charge in [0.2, 0.25) is 5.91 Å². The number of rotatable bonds is 3. The molecule has 6 nitrogen and oxygen atoms in total. The lowest BCUT2D eigenvalue weighted by Crippen LogP contribution is -2.40. The predicted octanol–water partition coefficient (Wildman–Crippen LogP) is 4.91. The van der Waals surface area contributed by atoms with Crippen LogP contribution in [0.25, 0.3) is 0 Å². The van der Waals surface area contributed by atoms with Gasteiger partial charge in [-0.3, -0.25) is 24.6 Å². The van der Waals surface area contributed by atoms with Gasteiger partial charge in [0.25, 0.3) is 5.69 Å². The lowest BCUT2D eigenvalue weighted by molar-refractivity contribution is -0.384. The number of benzene rings is 2. The average molecular weight is 415 g/mol. The van der Waals surface area contributed by atoms with E-state index >= 15 is 0 Å². The minimum Gasteiger partial charge on any atom is -0.294 e. The molecule has 0 fully saturated rings. The maximum atomic E-state index is 13.6. The zero-order valence-electron chi connectivity index (χ0n) is 15.2. The van der Waals surface area contributed by atoms with E-state index < -0.39 is 16.7 Å². The highest BCUT2D eigenvalue weighted by Crippen LogP contribution is 2.44. The second-order valence-corrected chi connectivity index (χ2v) is 7.48. The highest BCUT2D eigenvalue weighted by Gasteiger charge is 2.40. The summed E-state index contributed by atoms with van der Waals surface area (Å²) in [4.78, 5) is 38.0. The third-order valence-electron chi connectivity index (χ3n) is 5.32. The monoisotopic (exact) mass is 414 g/mol. The molecule has 2 aliphatic rings. The van der Waals surface area contributed by atoms with E-state index in [9.17, 15) is 24.1 Å². The molecule has 1 amide bonds. The van der Waals surface area contributed by atoms with E-state index in [0.29, 0.717) is 41.8 Å². The van der Waals surface area contributed by atoms with Crippen LogP contribution in [0.5, 0.6) is 0 Å². The fourth-order valence-electron chi connectivity index (χ4n) is 4.06. The first kappa shape index (κ1) is 19.3. The quantitative estimate of drug-likeness (QED) is 0.527. The number of ketones is 1. The normalized spacial score (nSPS) is 19.4. The van der Waals surface area contributed by atoms with Gasteiger partial charge in [0, 0.05) is 42.2 Å². The first-order chi connectivity index (χ1) is 13.9. The maximum Gasteiger partial charge on any atom is 0.269 e. The number of nitrogens with zero attached hydrogens (tertiary/aromatic N) is 2. The van der Waals surface area contributed by atoms with Crippen molar-refractivity contribution in [3.8, 4) is 0 Å². The fraction of sp³-hybridized carbons (Fsp3) is 0.238. The van der Waals surface area contributed by atoms with Crippen molar-refractivity contribution in [2.75, 3.05) is 4.90 Å². The van der Waals surface area contributed by atoms with Crippen molar-refractivity contribution in [3.63, 3.8) is 0 Å². The molecule has 8 heteroatoms. The molecule has 148 valence electrons. The summed E-state index contributed by atoms with van der Waals surface area (Å²) in [5.74, 6) is -1.48. The number of hydrogen-bond donors (Lipinski definition) is 0. The van der Waals surface area contributed by atoms with E-state index in [4.69, 9.17) is 11.6 Å². The fourth-order valence-corrected chi connectivity index (χ4v) is 4.23. The molecule has 1 aliphatic carbocycles. The van der Waals surface area contributed by atoms with Gasteiger partial charge in [-0.1, -0.05) is 23.7 Å². The first-order valence-corrected chi connectivity index (χ1v) is 9.53. The van der Waals surface area contributed by atoms with Crippen LogP contribution in [0.15, 0.2) is 53.7 Å². The van der Waals surface area contributed by atoms with Gasteiger partial charge in [0.1, 0.15) is 5.82 Å². The van der Waals surface area contributed by atoms with Crippen LogP contribution in [-0.2, 0) is 9.59 Å². The van der Waals surface area contributed by atoms with Crippen LogP contribution in [0, 0.1) is 15.9 Å². The third-order valence-corrected chi connectivity index (χ3v) is 5.61. The molecule has 4 rings (SSSR count). The molecule has 0 saturated heterocycles. The minimum absolute atomic E-state index is 0.0132. The summed E-state index contributed by atoms with van der Waals surface area (Å²) in [7, 11) is 0. The second kappa shape index (κ2) is 7.40. The van der Waals surface area contributed by atoms with Crippen LogP contribution in [0.2, 0.25) is 5.02 Å². The van der Waals surface area contributed by atoms with Gasteiger partial charge in [0.05, 0.1) is 15.6 Å². The lowest BCUT2D eigenvalue weighted by atomic mass is 9.77. The maximum absolute atomic E-state index is 13.6. The SMILES string of the molecule is O=C1CCCC2=C1C(c1cccc([N+](=O)[O-])c1)CC(=O)N2c1ccc(F)c(Cl)c1. The first-order valence-electron chi connectivity index (χ1n) is 9.15. The Morgan fingerprint density at radius 1 is 1.14 bits per heavy atom. The summed E-state index contributed by atoms with van der Waals surface area (Å²) in [6.45, 7) is 0. The second-order valence-electron chi connectivity index (χ2n) is 7.07. The molecule has 0 spiro atoms. The molecule has 2 aromatic carbocycles. The summed E-state index contributed by atoms with van der Waals surface area (Å²) in [6, 6.07) is 10.0. The van der Waals surface area contributed by atoms with Gasteiger partial charge in [-0.25, -0.2) is 4.39 Å². The molecule has 0 saturated carbocycles. The van der Waals surface area contributed by atoms with Gasteiger partial charge in [-0.05, 0) is 36.6 Å². The van der Waals surface area contributed by atoms with Crippen molar-refractivity contribution in [2.45, 2.75) is 31.6 Å². The number of hydrogen-bond acceptors (Lipinski definition) is 4. The molecule has 2 aromatic rings. The van der Waals surface area contributed by atoms with Gasteiger partial charge in [-0.15, -0.1) is 0 Å². The van der Waals surface area contributed by atoms with E-state index in [-0.39, 0.29) is 28.8 Å². The molecule has 1 heterocycles. The van der Waals surface area contributed by atoms with Gasteiger partial charge >= 0.3 is 0 Å². The van der Waals surface area contributed by atoms with E-state index in [1.54, 1.807) is 12.1 Å². The van der Waals surface area contributed by atoms with Gasteiger partial charge in [0.15, 0.2) is 5.78 Å². The number of halogens is 2. The molecule has 0 N–H and O–H groups in total. The molecule has 1 aliphatic heterocycles. The van der Waals surface area contributed by atoms with Crippen LogP contribution in [0.1, 0.15) is 37.2 Å². The number of carbonyl (C=O) groups is 2. The van der Waals surface area contributed by atoms with E-state index in [2.05, 4.69) is 0 Å². The topological polar surface area (TPSA) is 80.5 Å². The summed E-state index contributed by atoms with van der Waals surface area (Å²) < 4.78 is 13.6. The summed E-state index contributed by atoms with van der Waals surface area (Å²) in [6.07, 6.45) is 1.45. The Kier molecular flexibility index (Phi) is 4.92. The molecule has 1 atom stereocenters. The Morgan fingerprint density at radius 3 is 2.66 bits per heavy atom. The van der Waals surface area contributed by atoms with Crippen LogP contribution in [0.4, 0.5) is 15.8 Å².